The molecule has 0 unspecified atom stereocenters. The SMILES string of the molecule is CCN(CC)c1ccc(C2=C(O)/C(=C3\C(=O)N(CCC(=O)C4CCCC4)N=C3C)C2=O)c(NC(=O)c2c(Br)cc(Br)cc2Br)c1. The average Bonchev–Trinajstić information content (AvgIpc) is 3.62. The van der Waals surface area contributed by atoms with Crippen LogP contribution >= 0.6 is 47.8 Å². The van der Waals surface area contributed by atoms with Crippen molar-refractivity contribution in [2.45, 2.75) is 52.9 Å². The summed E-state index contributed by atoms with van der Waals surface area (Å²) in [7, 11) is 0. The summed E-state index contributed by atoms with van der Waals surface area (Å²) in [6.45, 7) is 7.21. The number of hydrogen-bond acceptors (Lipinski definition) is 7. The molecule has 1 saturated carbocycles. The molecule has 3 aliphatic rings. The number of anilines is 2. The van der Waals surface area contributed by atoms with Crippen LogP contribution in [-0.2, 0) is 14.4 Å². The number of aliphatic hydroxyl groups is 1. The van der Waals surface area contributed by atoms with Crippen molar-refractivity contribution >= 4 is 93.8 Å². The zero-order valence-electron chi connectivity index (χ0n) is 25.2. The van der Waals surface area contributed by atoms with E-state index in [0.29, 0.717) is 31.5 Å². The lowest BCUT2D eigenvalue weighted by Gasteiger charge is -2.27. The van der Waals surface area contributed by atoms with Crippen molar-refractivity contribution < 1.29 is 24.3 Å². The number of carbonyl (C=O) groups excluding carboxylic acids is 4. The Labute approximate surface area is 287 Å². The average molecular weight is 805 g/mol. The number of carbonyl (C=O) groups is 4. The maximum atomic E-state index is 13.7. The highest BCUT2D eigenvalue weighted by molar-refractivity contribution is 9.11. The highest BCUT2D eigenvalue weighted by Crippen LogP contribution is 2.43. The Hall–Kier alpha value is -3.09. The fourth-order valence-electron chi connectivity index (χ4n) is 6.14. The van der Waals surface area contributed by atoms with Crippen LogP contribution in [0, 0.1) is 5.92 Å². The predicted molar refractivity (Wildman–Crippen MR) is 185 cm³/mol. The van der Waals surface area contributed by atoms with Crippen LogP contribution in [0.1, 0.15) is 68.8 Å². The molecule has 0 bridgehead atoms. The second kappa shape index (κ2) is 13.7. The van der Waals surface area contributed by atoms with Gasteiger partial charge in [-0.15, -0.1) is 0 Å². The first kappa shape index (κ1) is 33.3. The molecule has 1 fully saturated rings. The van der Waals surface area contributed by atoms with Crippen molar-refractivity contribution in [3.05, 3.63) is 71.8 Å². The van der Waals surface area contributed by atoms with Gasteiger partial charge in [-0.1, -0.05) is 28.8 Å². The van der Waals surface area contributed by atoms with Gasteiger partial charge in [-0.25, -0.2) is 5.01 Å². The van der Waals surface area contributed by atoms with Crippen LogP contribution in [0.2, 0.25) is 0 Å². The maximum Gasteiger partial charge on any atom is 0.276 e. The van der Waals surface area contributed by atoms with Crippen LogP contribution in [0.4, 0.5) is 11.4 Å². The number of allylic oxidation sites excluding steroid dienone is 2. The van der Waals surface area contributed by atoms with Crippen molar-refractivity contribution in [3.8, 4) is 0 Å². The molecule has 0 atom stereocenters. The highest BCUT2D eigenvalue weighted by Gasteiger charge is 2.43. The van der Waals surface area contributed by atoms with Crippen LogP contribution in [0.15, 0.2) is 65.8 Å². The second-order valence-corrected chi connectivity index (χ2v) is 13.8. The number of halogens is 3. The minimum absolute atomic E-state index is 0.00305. The quantitative estimate of drug-likeness (QED) is 0.239. The first-order valence-electron chi connectivity index (χ1n) is 14.9. The van der Waals surface area contributed by atoms with Gasteiger partial charge in [0.05, 0.1) is 40.2 Å². The van der Waals surface area contributed by atoms with Crippen molar-refractivity contribution in [3.63, 3.8) is 0 Å². The van der Waals surface area contributed by atoms with Gasteiger partial charge in [0.2, 0.25) is 5.78 Å². The Morgan fingerprint density at radius 1 is 1.00 bits per heavy atom. The van der Waals surface area contributed by atoms with E-state index in [4.69, 9.17) is 0 Å². The first-order valence-corrected chi connectivity index (χ1v) is 17.3. The molecule has 0 aromatic heterocycles. The summed E-state index contributed by atoms with van der Waals surface area (Å²) >= 11 is 10.3. The molecule has 2 aliphatic carbocycles. The summed E-state index contributed by atoms with van der Waals surface area (Å²) in [6, 6.07) is 8.81. The lowest BCUT2D eigenvalue weighted by Crippen LogP contribution is -2.31. The van der Waals surface area contributed by atoms with E-state index in [1.807, 2.05) is 19.9 Å². The molecular weight excluding hydrogens is 772 g/mol. The Balaban J connectivity index is 1.47. The molecule has 1 heterocycles. The third kappa shape index (κ3) is 6.46. The number of hydrazone groups is 1. The highest BCUT2D eigenvalue weighted by atomic mass is 79.9. The Morgan fingerprint density at radius 2 is 1.64 bits per heavy atom. The van der Waals surface area contributed by atoms with Crippen molar-refractivity contribution in [1.82, 2.24) is 5.01 Å². The lowest BCUT2D eigenvalue weighted by atomic mass is 9.79. The summed E-state index contributed by atoms with van der Waals surface area (Å²) in [5, 5.41) is 19.7. The van der Waals surface area contributed by atoms with Gasteiger partial charge >= 0.3 is 0 Å². The Bertz CT molecular complexity index is 1680. The number of hydrogen-bond donors (Lipinski definition) is 2. The van der Waals surface area contributed by atoms with E-state index in [0.717, 1.165) is 48.9 Å². The largest absolute Gasteiger partial charge is 0.506 e. The number of aliphatic hydroxyl groups excluding tert-OH is 1. The monoisotopic (exact) mass is 802 g/mol. The summed E-state index contributed by atoms with van der Waals surface area (Å²) in [4.78, 5) is 55.3. The van der Waals surface area contributed by atoms with Crippen LogP contribution < -0.4 is 10.2 Å². The van der Waals surface area contributed by atoms with E-state index in [1.165, 1.54) is 5.01 Å². The smallest absolute Gasteiger partial charge is 0.276 e. The van der Waals surface area contributed by atoms with Gasteiger partial charge < -0.3 is 15.3 Å². The van der Waals surface area contributed by atoms with Gasteiger partial charge in [-0.2, -0.15) is 5.10 Å². The molecule has 0 spiro atoms. The predicted octanol–water partition coefficient (Wildman–Crippen LogP) is 7.59. The van der Waals surface area contributed by atoms with Gasteiger partial charge in [-0.3, -0.25) is 19.2 Å². The van der Waals surface area contributed by atoms with Crippen molar-refractivity contribution in [1.29, 1.82) is 0 Å². The topological polar surface area (TPSA) is 119 Å². The fourth-order valence-corrected chi connectivity index (χ4v) is 8.75. The molecule has 45 heavy (non-hydrogen) atoms. The van der Waals surface area contributed by atoms with Gasteiger partial charge in [0.1, 0.15) is 11.5 Å². The lowest BCUT2D eigenvalue weighted by molar-refractivity contribution is -0.127. The van der Waals surface area contributed by atoms with Crippen LogP contribution in [-0.4, -0.2) is 58.8 Å². The van der Waals surface area contributed by atoms with Gasteiger partial charge in [-0.05, 0) is 95.8 Å². The van der Waals surface area contributed by atoms with Crippen LogP contribution in [0.3, 0.4) is 0 Å². The standard InChI is InChI=1S/C33H33Br3N4O5/c1-4-39(5-2)20-10-11-21(24(16-20)37-32(44)28-22(35)14-19(34)15-23(28)36)27-30(42)29(31(27)43)26-17(3)38-40(33(26)45)13-12-25(41)18-8-6-7-9-18/h10-11,14-16,18,42H,4-9,12-13H2,1-3H3,(H,37,44)/b29-26+. The number of ketones is 2. The molecule has 1 aliphatic heterocycles. The summed E-state index contributed by atoms with van der Waals surface area (Å²) < 4.78 is 1.89. The number of Topliss-reactive ketones (excluding diaryl/α,β-unsaturated/α-hetero) is 2. The fraction of sp³-hybridized carbons (Fsp3) is 0.364. The molecular formula is C33H33Br3N4O5. The molecule has 2 amide bonds. The number of amides is 2. The van der Waals surface area contributed by atoms with E-state index in [-0.39, 0.29) is 47.1 Å². The summed E-state index contributed by atoms with van der Waals surface area (Å²) in [5.41, 5.74) is 2.08. The third-order valence-electron chi connectivity index (χ3n) is 8.52. The van der Waals surface area contributed by atoms with E-state index < -0.39 is 17.6 Å². The number of nitrogens with one attached hydrogen (secondary N) is 1. The summed E-state index contributed by atoms with van der Waals surface area (Å²) in [5.74, 6) is -1.63. The molecule has 0 radical (unpaired) electrons. The molecule has 2 N–H and O–H groups in total. The van der Waals surface area contributed by atoms with Gasteiger partial charge in [0, 0.05) is 50.1 Å². The molecule has 0 saturated heterocycles. The Kier molecular flexibility index (Phi) is 10.1. The van der Waals surface area contributed by atoms with Crippen LogP contribution in [0.5, 0.6) is 0 Å². The molecule has 12 heteroatoms. The Morgan fingerprint density at radius 3 is 2.24 bits per heavy atom. The molecule has 236 valence electrons. The van der Waals surface area contributed by atoms with E-state index in [9.17, 15) is 24.3 Å². The first-order chi connectivity index (χ1) is 21.5. The second-order valence-electron chi connectivity index (χ2n) is 11.2. The van der Waals surface area contributed by atoms with Crippen molar-refractivity contribution in [2.24, 2.45) is 11.0 Å². The minimum atomic E-state index is -0.522. The number of benzene rings is 2. The number of rotatable bonds is 10. The normalized spacial score (nSPS) is 18.4. The van der Waals surface area contributed by atoms with Gasteiger partial charge in [0.25, 0.3) is 11.8 Å². The van der Waals surface area contributed by atoms with E-state index in [2.05, 4.69) is 63.1 Å². The molecule has 5 rings (SSSR count). The zero-order chi connectivity index (χ0) is 32.6. The van der Waals surface area contributed by atoms with E-state index in [1.54, 1.807) is 31.2 Å². The summed E-state index contributed by atoms with van der Waals surface area (Å²) in [6.07, 6.45) is 4.06. The maximum absolute atomic E-state index is 13.7. The van der Waals surface area contributed by atoms with Crippen LogP contribution in [0.25, 0.3) is 5.57 Å². The van der Waals surface area contributed by atoms with Gasteiger partial charge in [0.15, 0.2) is 0 Å². The molecule has 2 aromatic rings. The van der Waals surface area contributed by atoms with Crippen molar-refractivity contribution in [2.75, 3.05) is 29.9 Å². The molecule has 2 aromatic carbocycles. The number of nitrogens with zero attached hydrogens (tertiary/aromatic N) is 3. The third-order valence-corrected chi connectivity index (χ3v) is 10.2. The van der Waals surface area contributed by atoms with E-state index >= 15 is 0 Å². The minimum Gasteiger partial charge on any atom is -0.506 e. The zero-order valence-corrected chi connectivity index (χ0v) is 29.9. The molecule has 9 nitrogen and oxygen atoms in total.